The van der Waals surface area contributed by atoms with Gasteiger partial charge in [0.25, 0.3) is 0 Å². The molecule has 0 bridgehead atoms. The van der Waals surface area contributed by atoms with Crippen LogP contribution in [-0.2, 0) is 15.6 Å². The molecular weight excluding hydrogens is 360 g/mol. The monoisotopic (exact) mass is 400 g/mol. The van der Waals surface area contributed by atoms with E-state index >= 15 is 0 Å². The van der Waals surface area contributed by atoms with Crippen molar-refractivity contribution >= 4 is 0 Å². The van der Waals surface area contributed by atoms with Crippen LogP contribution in [0.2, 0.25) is 0 Å². The molecule has 0 saturated heterocycles. The third kappa shape index (κ3) is 7.74. The third-order valence-electron chi connectivity index (χ3n) is 5.91. The Morgan fingerprint density at radius 2 is 1.07 bits per heavy atom. The quantitative estimate of drug-likeness (QED) is 0.499. The van der Waals surface area contributed by atoms with Crippen molar-refractivity contribution in [1.29, 1.82) is 0 Å². The Kier molecular flexibility index (Phi) is 8.77. The summed E-state index contributed by atoms with van der Waals surface area (Å²) in [5.41, 5.74) is 3.05. The summed E-state index contributed by atoms with van der Waals surface area (Å²) in [6, 6.07) is 15.7. The zero-order valence-electron chi connectivity index (χ0n) is 19.8. The largest absolute Gasteiger partial charge is 0.508 e. The van der Waals surface area contributed by atoms with Crippen LogP contribution in [-0.4, -0.2) is 18.0 Å². The zero-order valence-corrected chi connectivity index (χ0v) is 19.8. The average molecular weight is 401 g/mol. The van der Waals surface area contributed by atoms with Gasteiger partial charge in [-0.25, -0.2) is 0 Å². The van der Waals surface area contributed by atoms with Crippen molar-refractivity contribution in [2.45, 2.75) is 84.8 Å². The van der Waals surface area contributed by atoms with Crippen LogP contribution in [0, 0.1) is 0 Å². The van der Waals surface area contributed by atoms with Crippen molar-refractivity contribution in [2.24, 2.45) is 0 Å². The summed E-state index contributed by atoms with van der Waals surface area (Å²) in [5, 5.41) is 9.10. The van der Waals surface area contributed by atoms with Gasteiger partial charge in [0.2, 0.25) is 5.79 Å². The molecule has 0 radical (unpaired) electrons. The summed E-state index contributed by atoms with van der Waals surface area (Å²) >= 11 is 0. The molecule has 0 aliphatic heterocycles. The molecule has 2 aromatic rings. The third-order valence-corrected chi connectivity index (χ3v) is 5.91. The summed E-state index contributed by atoms with van der Waals surface area (Å²) in [6.45, 7) is 17.1. The molecule has 1 N–H and O–H groups in total. The molecule has 0 heterocycles. The van der Waals surface area contributed by atoms with E-state index in [1.165, 1.54) is 11.1 Å². The van der Waals surface area contributed by atoms with Gasteiger partial charge in [0.05, 0.1) is 0 Å². The normalized spacial score (nSPS) is 12.2. The van der Waals surface area contributed by atoms with Gasteiger partial charge in [-0.3, -0.25) is 0 Å². The van der Waals surface area contributed by atoms with Gasteiger partial charge in [0.15, 0.2) is 0 Å². The molecule has 3 nitrogen and oxygen atoms in total. The van der Waals surface area contributed by atoms with E-state index in [4.69, 9.17) is 14.6 Å². The van der Waals surface area contributed by atoms with E-state index < -0.39 is 5.79 Å². The molecule has 0 saturated carbocycles. The minimum Gasteiger partial charge on any atom is -0.508 e. The van der Waals surface area contributed by atoms with E-state index in [2.05, 4.69) is 53.7 Å². The number of hydrogen-bond acceptors (Lipinski definition) is 3. The van der Waals surface area contributed by atoms with Crippen LogP contribution < -0.4 is 4.74 Å². The maximum atomic E-state index is 9.10. The molecule has 0 aliphatic carbocycles. The fourth-order valence-corrected chi connectivity index (χ4v) is 2.62. The first-order chi connectivity index (χ1) is 13.4. The van der Waals surface area contributed by atoms with Gasteiger partial charge in [-0.1, -0.05) is 65.8 Å². The van der Waals surface area contributed by atoms with Gasteiger partial charge in [0.1, 0.15) is 11.5 Å². The summed E-state index contributed by atoms with van der Waals surface area (Å²) in [7, 11) is 1.65. The van der Waals surface area contributed by atoms with Crippen LogP contribution in [0.25, 0.3) is 0 Å². The van der Waals surface area contributed by atoms with Crippen LogP contribution in [0.4, 0.5) is 0 Å². The maximum absolute atomic E-state index is 9.10. The Balaban J connectivity index is 0.000000308. The minimum atomic E-state index is -0.582. The number of hydrogen-bond donors (Lipinski definition) is 1. The predicted octanol–water partition coefficient (Wildman–Crippen LogP) is 7.22. The highest BCUT2D eigenvalue weighted by Crippen LogP contribution is 2.29. The van der Waals surface area contributed by atoms with Crippen LogP contribution >= 0.6 is 0 Å². The zero-order chi connectivity index (χ0) is 22.3. The minimum absolute atomic E-state index is 0.216. The number of benzene rings is 2. The van der Waals surface area contributed by atoms with Crippen LogP contribution in [0.5, 0.6) is 11.5 Å². The summed E-state index contributed by atoms with van der Waals surface area (Å²) in [4.78, 5) is 0. The fourth-order valence-electron chi connectivity index (χ4n) is 2.62. The highest BCUT2D eigenvalue weighted by atomic mass is 16.7. The second kappa shape index (κ2) is 10.2. The van der Waals surface area contributed by atoms with Gasteiger partial charge in [0, 0.05) is 21.0 Å². The Bertz CT molecular complexity index is 726. The van der Waals surface area contributed by atoms with Crippen molar-refractivity contribution in [3.05, 3.63) is 59.7 Å². The van der Waals surface area contributed by atoms with Gasteiger partial charge in [-0.05, 0) is 59.1 Å². The molecule has 0 spiro atoms. The molecule has 162 valence electrons. The smallest absolute Gasteiger partial charge is 0.204 e. The van der Waals surface area contributed by atoms with Gasteiger partial charge in [-0.15, -0.1) is 0 Å². The fraction of sp³-hybridized carbons (Fsp3) is 0.538. The highest BCUT2D eigenvalue weighted by Gasteiger charge is 2.20. The van der Waals surface area contributed by atoms with Crippen molar-refractivity contribution in [2.75, 3.05) is 7.11 Å². The molecule has 2 aromatic carbocycles. The first kappa shape index (κ1) is 25.0. The Labute approximate surface area is 178 Å². The number of ether oxygens (including phenoxy) is 2. The first-order valence-corrected chi connectivity index (χ1v) is 10.5. The number of phenols is 1. The lowest BCUT2D eigenvalue weighted by molar-refractivity contribution is -0.134. The molecule has 0 aromatic heterocycles. The molecule has 3 heteroatoms. The summed E-state index contributed by atoms with van der Waals surface area (Å²) in [5.74, 6) is 0.597. The molecular formula is C26H40O3. The van der Waals surface area contributed by atoms with Crippen molar-refractivity contribution in [3.63, 3.8) is 0 Å². The van der Waals surface area contributed by atoms with Crippen molar-refractivity contribution < 1.29 is 14.6 Å². The van der Waals surface area contributed by atoms with Crippen LogP contribution in [0.1, 0.15) is 79.4 Å². The molecule has 29 heavy (non-hydrogen) atoms. The number of methoxy groups -OCH3 is 1. The Morgan fingerprint density at radius 1 is 0.690 bits per heavy atom. The molecule has 0 amide bonds. The Hall–Kier alpha value is -2.00. The van der Waals surface area contributed by atoms with Gasteiger partial charge >= 0.3 is 0 Å². The lowest BCUT2D eigenvalue weighted by Gasteiger charge is -2.26. The summed E-state index contributed by atoms with van der Waals surface area (Å²) in [6.07, 6.45) is 2.23. The van der Waals surface area contributed by atoms with Crippen molar-refractivity contribution in [1.82, 2.24) is 0 Å². The van der Waals surface area contributed by atoms with Gasteiger partial charge in [-0.2, -0.15) is 0 Å². The van der Waals surface area contributed by atoms with Crippen molar-refractivity contribution in [3.8, 4) is 11.5 Å². The van der Waals surface area contributed by atoms with Crippen LogP contribution in [0.3, 0.4) is 0 Å². The first-order valence-electron chi connectivity index (χ1n) is 10.5. The topological polar surface area (TPSA) is 38.7 Å². The molecule has 0 fully saturated rings. The van der Waals surface area contributed by atoms with E-state index in [0.717, 1.165) is 18.6 Å². The lowest BCUT2D eigenvalue weighted by Crippen LogP contribution is -2.30. The predicted molar refractivity (Wildman–Crippen MR) is 123 cm³/mol. The number of aromatic hydroxyl groups is 1. The highest BCUT2D eigenvalue weighted by molar-refractivity contribution is 5.32. The molecule has 0 unspecified atom stereocenters. The van der Waals surface area contributed by atoms with Gasteiger partial charge < -0.3 is 14.6 Å². The van der Waals surface area contributed by atoms with E-state index in [-0.39, 0.29) is 10.8 Å². The molecule has 2 rings (SSSR count). The number of phenolic OH excluding ortho intramolecular Hbond substituents is 1. The van der Waals surface area contributed by atoms with E-state index in [1.54, 1.807) is 19.2 Å². The Morgan fingerprint density at radius 3 is 1.41 bits per heavy atom. The second-order valence-electron chi connectivity index (χ2n) is 9.25. The van der Waals surface area contributed by atoms with Crippen LogP contribution in [0.15, 0.2) is 48.5 Å². The average Bonchev–Trinajstić information content (AvgIpc) is 2.69. The maximum Gasteiger partial charge on any atom is 0.204 e. The van der Waals surface area contributed by atoms with E-state index in [1.807, 2.05) is 38.1 Å². The molecule has 0 atom stereocenters. The number of rotatable bonds is 7. The molecule has 0 aliphatic rings. The second-order valence-corrected chi connectivity index (χ2v) is 9.25. The summed E-state index contributed by atoms with van der Waals surface area (Å²) < 4.78 is 11.0. The lowest BCUT2D eigenvalue weighted by atomic mass is 9.82. The standard InChI is InChI=1S/C15H24O2.C11H16O/c1-7-14(2,3)12-8-10-13(11-9-12)17-15(4,5)16-6;1-4-11(2,3)9-5-7-10(12)8-6-9/h8-11H,7H2,1-6H3;5-8,12H,4H2,1-3H3. The SMILES string of the molecule is CCC(C)(C)c1ccc(O)cc1.CCC(C)(C)c1ccc(OC(C)(C)OC)cc1. The van der Waals surface area contributed by atoms with E-state index in [0.29, 0.717) is 5.75 Å². The van der Waals surface area contributed by atoms with E-state index in [9.17, 15) is 0 Å².